The van der Waals surface area contributed by atoms with Gasteiger partial charge in [0.1, 0.15) is 5.76 Å². The first-order valence-corrected chi connectivity index (χ1v) is 6.41. The highest BCUT2D eigenvalue weighted by Gasteiger charge is 2.09. The van der Waals surface area contributed by atoms with Crippen molar-refractivity contribution in [3.63, 3.8) is 0 Å². The Labute approximate surface area is 116 Å². The second-order valence-corrected chi connectivity index (χ2v) is 4.91. The Hall–Kier alpha value is -2.56. The van der Waals surface area contributed by atoms with Gasteiger partial charge in [0.15, 0.2) is 0 Å². The summed E-state index contributed by atoms with van der Waals surface area (Å²) >= 11 is 0. The van der Waals surface area contributed by atoms with Gasteiger partial charge in [-0.15, -0.1) is 0 Å². The average Bonchev–Trinajstić information content (AvgIpc) is 2.74. The summed E-state index contributed by atoms with van der Waals surface area (Å²) in [6, 6.07) is 7.62. The molecule has 0 aliphatic heterocycles. The number of hydrogen-bond donors (Lipinski definition) is 2. The Balaban J connectivity index is 2.02. The molecule has 0 amide bonds. The van der Waals surface area contributed by atoms with Crippen LogP contribution in [0.1, 0.15) is 17.0 Å². The summed E-state index contributed by atoms with van der Waals surface area (Å²) in [4.78, 5) is 8.86. The van der Waals surface area contributed by atoms with Crippen molar-refractivity contribution in [2.45, 2.75) is 20.8 Å². The molecule has 20 heavy (non-hydrogen) atoms. The van der Waals surface area contributed by atoms with Crippen LogP contribution in [-0.2, 0) is 0 Å². The second kappa shape index (κ2) is 4.52. The van der Waals surface area contributed by atoms with Crippen LogP contribution >= 0.6 is 0 Å². The number of nitrogen functional groups attached to an aromatic ring is 1. The van der Waals surface area contributed by atoms with Gasteiger partial charge in [0.05, 0.1) is 11.1 Å². The van der Waals surface area contributed by atoms with E-state index in [1.807, 2.05) is 45.0 Å². The first-order chi connectivity index (χ1) is 9.52. The zero-order valence-electron chi connectivity index (χ0n) is 11.7. The van der Waals surface area contributed by atoms with Gasteiger partial charge < -0.3 is 15.5 Å². The third kappa shape index (κ3) is 2.18. The van der Waals surface area contributed by atoms with Crippen LogP contribution in [0.2, 0.25) is 0 Å². The number of aromatic nitrogens is 2. The third-order valence-electron chi connectivity index (χ3n) is 3.20. The van der Waals surface area contributed by atoms with Gasteiger partial charge >= 0.3 is 0 Å². The molecule has 2 heterocycles. The number of fused-ring (bicyclic) bond motifs is 1. The highest BCUT2D eigenvalue weighted by atomic mass is 16.3. The highest BCUT2D eigenvalue weighted by Crippen LogP contribution is 2.24. The van der Waals surface area contributed by atoms with Gasteiger partial charge in [0, 0.05) is 11.4 Å². The smallest absolute Gasteiger partial charge is 0.231 e. The molecule has 3 rings (SSSR count). The number of nitrogens with two attached hydrogens (primary N) is 1. The molecule has 0 fully saturated rings. The van der Waals surface area contributed by atoms with Gasteiger partial charge in [-0.2, -0.15) is 4.98 Å². The predicted molar refractivity (Wildman–Crippen MR) is 80.2 cm³/mol. The molecule has 0 spiro atoms. The summed E-state index contributed by atoms with van der Waals surface area (Å²) in [6.45, 7) is 5.83. The number of anilines is 3. The van der Waals surface area contributed by atoms with E-state index in [4.69, 9.17) is 10.2 Å². The lowest BCUT2D eigenvalue weighted by Crippen LogP contribution is -2.00. The van der Waals surface area contributed by atoms with Gasteiger partial charge in [-0.1, -0.05) is 0 Å². The van der Waals surface area contributed by atoms with Gasteiger partial charge in [0.25, 0.3) is 0 Å². The van der Waals surface area contributed by atoms with E-state index in [0.717, 1.165) is 33.8 Å². The maximum Gasteiger partial charge on any atom is 0.231 e. The summed E-state index contributed by atoms with van der Waals surface area (Å²) in [5.74, 6) is 1.36. The topological polar surface area (TPSA) is 77.0 Å². The molecule has 5 heteroatoms. The van der Waals surface area contributed by atoms with Gasteiger partial charge in [0.2, 0.25) is 11.7 Å². The van der Waals surface area contributed by atoms with Crippen molar-refractivity contribution in [3.05, 3.63) is 41.3 Å². The minimum atomic E-state index is 0.525. The second-order valence-electron chi connectivity index (χ2n) is 4.91. The fourth-order valence-corrected chi connectivity index (χ4v) is 2.19. The number of benzene rings is 1. The van der Waals surface area contributed by atoms with Crippen molar-refractivity contribution in [2.75, 3.05) is 11.1 Å². The van der Waals surface area contributed by atoms with E-state index in [-0.39, 0.29) is 0 Å². The van der Waals surface area contributed by atoms with Crippen molar-refractivity contribution < 1.29 is 4.42 Å². The van der Waals surface area contributed by atoms with Crippen LogP contribution in [0.15, 0.2) is 28.7 Å². The van der Waals surface area contributed by atoms with Crippen LogP contribution in [0.5, 0.6) is 0 Å². The van der Waals surface area contributed by atoms with Crippen molar-refractivity contribution >= 4 is 28.4 Å². The molecule has 0 aliphatic rings. The minimum absolute atomic E-state index is 0.525. The molecule has 102 valence electrons. The summed E-state index contributed by atoms with van der Waals surface area (Å²) in [6.07, 6.45) is 0. The fraction of sp³-hybridized carbons (Fsp3) is 0.200. The molecular formula is C15H16N4O. The summed E-state index contributed by atoms with van der Waals surface area (Å²) in [5.41, 5.74) is 9.96. The van der Waals surface area contributed by atoms with Crippen molar-refractivity contribution in [1.29, 1.82) is 0 Å². The predicted octanol–water partition coefficient (Wildman–Crippen LogP) is 3.47. The van der Waals surface area contributed by atoms with Crippen LogP contribution in [0.3, 0.4) is 0 Å². The van der Waals surface area contributed by atoms with E-state index in [1.54, 1.807) is 0 Å². The Morgan fingerprint density at radius 3 is 2.65 bits per heavy atom. The quantitative estimate of drug-likeness (QED) is 0.696. The van der Waals surface area contributed by atoms with E-state index in [0.29, 0.717) is 11.7 Å². The van der Waals surface area contributed by atoms with E-state index < -0.39 is 0 Å². The number of furan rings is 1. The first kappa shape index (κ1) is 12.5. The number of nitrogens with one attached hydrogen (secondary N) is 1. The van der Waals surface area contributed by atoms with Crippen LogP contribution < -0.4 is 11.1 Å². The number of hydrogen-bond acceptors (Lipinski definition) is 5. The molecule has 3 aromatic rings. The van der Waals surface area contributed by atoms with Crippen LogP contribution in [0.4, 0.5) is 17.3 Å². The average molecular weight is 268 g/mol. The molecule has 2 aromatic heterocycles. The van der Waals surface area contributed by atoms with Crippen molar-refractivity contribution in [3.8, 4) is 0 Å². The molecule has 0 saturated heterocycles. The lowest BCUT2D eigenvalue weighted by molar-refractivity contribution is 0.567. The molecule has 0 atom stereocenters. The number of aryl methyl sites for hydroxylation is 3. The summed E-state index contributed by atoms with van der Waals surface area (Å²) in [5, 5.41) is 4.15. The maximum atomic E-state index is 5.75. The molecule has 3 N–H and O–H groups in total. The summed E-state index contributed by atoms with van der Waals surface area (Å²) in [7, 11) is 0. The molecule has 0 bridgehead atoms. The largest absolute Gasteiger partial charge is 0.443 e. The van der Waals surface area contributed by atoms with Gasteiger partial charge in [-0.3, -0.25) is 0 Å². The van der Waals surface area contributed by atoms with E-state index in [1.165, 1.54) is 0 Å². The van der Waals surface area contributed by atoms with E-state index >= 15 is 0 Å². The zero-order chi connectivity index (χ0) is 14.3. The van der Waals surface area contributed by atoms with Crippen LogP contribution in [0.25, 0.3) is 11.1 Å². The minimum Gasteiger partial charge on any atom is -0.443 e. The molecule has 0 radical (unpaired) electrons. The van der Waals surface area contributed by atoms with Gasteiger partial charge in [-0.25, -0.2) is 4.98 Å². The van der Waals surface area contributed by atoms with Crippen LogP contribution in [0, 0.1) is 20.8 Å². The van der Waals surface area contributed by atoms with E-state index in [2.05, 4.69) is 15.3 Å². The number of nitrogens with zero attached hydrogens (tertiary/aromatic N) is 2. The van der Waals surface area contributed by atoms with Gasteiger partial charge in [-0.05, 0) is 50.6 Å². The normalized spacial score (nSPS) is 10.9. The Kier molecular flexibility index (Phi) is 2.82. The molecule has 1 aromatic carbocycles. The Morgan fingerprint density at radius 2 is 1.90 bits per heavy atom. The lowest BCUT2D eigenvalue weighted by Gasteiger charge is -2.09. The van der Waals surface area contributed by atoms with Crippen molar-refractivity contribution in [1.82, 2.24) is 9.97 Å². The monoisotopic (exact) mass is 268 g/mol. The molecule has 0 saturated carbocycles. The lowest BCUT2D eigenvalue weighted by atomic mass is 10.2. The summed E-state index contributed by atoms with van der Waals surface area (Å²) < 4.78 is 5.57. The molecule has 5 nitrogen and oxygen atoms in total. The third-order valence-corrected chi connectivity index (χ3v) is 3.20. The Morgan fingerprint density at radius 1 is 1.10 bits per heavy atom. The number of rotatable bonds is 2. The van der Waals surface area contributed by atoms with E-state index in [9.17, 15) is 0 Å². The molecule has 0 aliphatic carbocycles. The van der Waals surface area contributed by atoms with Crippen molar-refractivity contribution in [2.24, 2.45) is 0 Å². The maximum absolute atomic E-state index is 5.75. The first-order valence-electron chi connectivity index (χ1n) is 6.41. The fourth-order valence-electron chi connectivity index (χ4n) is 2.19. The van der Waals surface area contributed by atoms with Crippen LogP contribution in [-0.4, -0.2) is 9.97 Å². The Bertz CT molecular complexity index is 792. The molecular weight excluding hydrogens is 252 g/mol. The SMILES string of the molecule is Cc1cc2c(C)nc(Nc3ccc(N)cc3C)nc2o1. The standard InChI is InChI=1S/C15H16N4O/c1-8-6-11(16)4-5-13(8)18-15-17-10(3)12-7-9(2)20-14(12)19-15/h4-7H,16H2,1-3H3,(H,17,18,19). The zero-order valence-corrected chi connectivity index (χ0v) is 11.7. The highest BCUT2D eigenvalue weighted by molar-refractivity contribution is 5.78. The molecule has 0 unspecified atom stereocenters.